The van der Waals surface area contributed by atoms with Crippen molar-refractivity contribution in [3.63, 3.8) is 0 Å². The third-order valence-electron chi connectivity index (χ3n) is 10.5. The highest BCUT2D eigenvalue weighted by molar-refractivity contribution is 5.18. The minimum absolute atomic E-state index is 0.315. The number of benzene rings is 4. The smallest absolute Gasteiger partial charge is 0.115 e. The summed E-state index contributed by atoms with van der Waals surface area (Å²) in [6.07, 6.45) is 7.69. The number of hydrogen-bond acceptors (Lipinski definition) is 8. The first-order valence-corrected chi connectivity index (χ1v) is 20.6. The van der Waals surface area contributed by atoms with Gasteiger partial charge in [-0.2, -0.15) is 0 Å². The number of aryl methyl sites for hydroxylation is 2. The van der Waals surface area contributed by atoms with E-state index in [-0.39, 0.29) is 0 Å². The quantitative estimate of drug-likeness (QED) is 0.0607. The van der Waals surface area contributed by atoms with Crippen molar-refractivity contribution in [3.05, 3.63) is 155 Å². The standard InChI is InChI=1S/C47H60N4O5/c1-2-3-4-5-6-19-31-51-32-41(49-50-51)29-20-30-48-42-43(52)45(54-34-38-23-13-8-14-24-38)47(56-36-40-27-17-10-18-28-40)46(55-35-39-25-15-9-16-26-39)44(42)53-33-37-21-11-7-12-22-37/h7-18,21-28,32,42-48,52H,2-6,19-20,29-31,33-36H2,1H3/t42-,43-,44+,45+,46-,47-/m1/s1. The van der Waals surface area contributed by atoms with E-state index in [2.05, 4.69) is 53.0 Å². The molecule has 0 bridgehead atoms. The van der Waals surface area contributed by atoms with Crippen molar-refractivity contribution in [1.82, 2.24) is 20.3 Å². The molecule has 1 aliphatic carbocycles. The highest BCUT2D eigenvalue weighted by Crippen LogP contribution is 2.33. The summed E-state index contributed by atoms with van der Waals surface area (Å²) in [5, 5.41) is 24.9. The fourth-order valence-electron chi connectivity index (χ4n) is 7.40. The zero-order valence-electron chi connectivity index (χ0n) is 32.9. The molecule has 0 spiro atoms. The summed E-state index contributed by atoms with van der Waals surface area (Å²) in [6, 6.07) is 39.9. The molecule has 1 aromatic heterocycles. The van der Waals surface area contributed by atoms with Crippen molar-refractivity contribution < 1.29 is 24.1 Å². The lowest BCUT2D eigenvalue weighted by molar-refractivity contribution is -0.250. The summed E-state index contributed by atoms with van der Waals surface area (Å²) in [4.78, 5) is 0. The molecule has 9 nitrogen and oxygen atoms in total. The van der Waals surface area contributed by atoms with Crippen LogP contribution >= 0.6 is 0 Å². The number of unbranched alkanes of at least 4 members (excludes halogenated alkanes) is 5. The predicted octanol–water partition coefficient (Wildman–Crippen LogP) is 8.25. The van der Waals surface area contributed by atoms with Crippen molar-refractivity contribution in [2.75, 3.05) is 6.54 Å². The summed E-state index contributed by atoms with van der Waals surface area (Å²) < 4.78 is 29.1. The molecule has 1 aliphatic rings. The number of ether oxygens (including phenoxy) is 4. The van der Waals surface area contributed by atoms with Crippen molar-refractivity contribution in [3.8, 4) is 0 Å². The van der Waals surface area contributed by atoms with E-state index in [0.717, 1.165) is 53.8 Å². The third kappa shape index (κ3) is 12.9. The zero-order chi connectivity index (χ0) is 38.6. The van der Waals surface area contributed by atoms with Crippen LogP contribution in [0.5, 0.6) is 0 Å². The average Bonchev–Trinajstić information content (AvgIpc) is 3.70. The van der Waals surface area contributed by atoms with Crippen molar-refractivity contribution in [2.45, 2.75) is 128 Å². The first-order valence-electron chi connectivity index (χ1n) is 20.6. The Morgan fingerprint density at radius 1 is 0.554 bits per heavy atom. The molecule has 56 heavy (non-hydrogen) atoms. The van der Waals surface area contributed by atoms with Gasteiger partial charge in [-0.3, -0.25) is 4.68 Å². The topological polar surface area (TPSA) is 99.9 Å². The number of aromatic nitrogens is 3. The molecule has 2 N–H and O–H groups in total. The second-order valence-corrected chi connectivity index (χ2v) is 14.9. The summed E-state index contributed by atoms with van der Waals surface area (Å²) >= 11 is 0. The first kappa shape index (κ1) is 41.4. The number of aliphatic hydroxyl groups is 1. The van der Waals surface area contributed by atoms with Gasteiger partial charge in [-0.05, 0) is 48.1 Å². The molecule has 4 aromatic carbocycles. The molecule has 298 valence electrons. The summed E-state index contributed by atoms with van der Waals surface area (Å²) in [6.45, 7) is 5.12. The average molecular weight is 761 g/mol. The lowest BCUT2D eigenvalue weighted by atomic mass is 9.82. The number of hydrogen-bond donors (Lipinski definition) is 2. The minimum Gasteiger partial charge on any atom is -0.389 e. The molecular weight excluding hydrogens is 701 g/mol. The fraction of sp³-hybridized carbons (Fsp3) is 0.447. The number of rotatable bonds is 24. The Morgan fingerprint density at radius 3 is 1.52 bits per heavy atom. The maximum Gasteiger partial charge on any atom is 0.115 e. The van der Waals surface area contributed by atoms with Gasteiger partial charge in [-0.1, -0.05) is 166 Å². The molecule has 1 fully saturated rings. The molecule has 0 radical (unpaired) electrons. The fourth-order valence-corrected chi connectivity index (χ4v) is 7.40. The van der Waals surface area contributed by atoms with Crippen LogP contribution in [0.3, 0.4) is 0 Å². The van der Waals surface area contributed by atoms with Gasteiger partial charge in [0.2, 0.25) is 0 Å². The minimum atomic E-state index is -0.963. The van der Waals surface area contributed by atoms with Gasteiger partial charge in [0.1, 0.15) is 30.5 Å². The Bertz CT molecular complexity index is 1760. The van der Waals surface area contributed by atoms with Crippen LogP contribution in [0.15, 0.2) is 128 Å². The first-order chi connectivity index (χ1) is 27.7. The third-order valence-corrected chi connectivity index (χ3v) is 10.5. The largest absolute Gasteiger partial charge is 0.389 e. The van der Waals surface area contributed by atoms with Gasteiger partial charge in [0.05, 0.1) is 38.2 Å². The van der Waals surface area contributed by atoms with E-state index >= 15 is 0 Å². The summed E-state index contributed by atoms with van der Waals surface area (Å²) in [7, 11) is 0. The highest BCUT2D eigenvalue weighted by Gasteiger charge is 2.53. The van der Waals surface area contributed by atoms with Crippen LogP contribution < -0.4 is 5.32 Å². The molecule has 0 unspecified atom stereocenters. The van der Waals surface area contributed by atoms with Crippen LogP contribution in [0.25, 0.3) is 0 Å². The van der Waals surface area contributed by atoms with Gasteiger partial charge in [0.25, 0.3) is 0 Å². The van der Waals surface area contributed by atoms with Crippen LogP contribution in [0.1, 0.15) is 79.8 Å². The Hall–Kier alpha value is -4.22. The number of nitrogens with one attached hydrogen (secondary N) is 1. The lowest BCUT2D eigenvalue weighted by Crippen LogP contribution is -2.69. The van der Waals surface area contributed by atoms with E-state index in [1.54, 1.807) is 0 Å². The molecule has 0 aliphatic heterocycles. The van der Waals surface area contributed by atoms with Crippen LogP contribution in [-0.4, -0.2) is 63.2 Å². The van der Waals surface area contributed by atoms with Crippen LogP contribution in [0, 0.1) is 0 Å². The lowest BCUT2D eigenvalue weighted by Gasteiger charge is -2.49. The molecule has 6 atom stereocenters. The van der Waals surface area contributed by atoms with Crippen molar-refractivity contribution in [1.29, 1.82) is 0 Å². The molecular formula is C47H60N4O5. The van der Waals surface area contributed by atoms with E-state index < -0.39 is 36.6 Å². The van der Waals surface area contributed by atoms with Gasteiger partial charge in [0, 0.05) is 12.7 Å². The molecule has 6 rings (SSSR count). The summed E-state index contributed by atoms with van der Waals surface area (Å²) in [5.41, 5.74) is 5.09. The molecule has 1 saturated carbocycles. The van der Waals surface area contributed by atoms with Gasteiger partial charge < -0.3 is 29.4 Å². The highest BCUT2D eigenvalue weighted by atomic mass is 16.6. The number of nitrogens with zero attached hydrogens (tertiary/aromatic N) is 3. The van der Waals surface area contributed by atoms with E-state index in [1.807, 2.05) is 102 Å². The maximum absolute atomic E-state index is 12.4. The van der Waals surface area contributed by atoms with Crippen LogP contribution in [-0.2, 0) is 58.3 Å². The van der Waals surface area contributed by atoms with Crippen LogP contribution in [0.2, 0.25) is 0 Å². The zero-order valence-corrected chi connectivity index (χ0v) is 32.9. The molecule has 9 heteroatoms. The van der Waals surface area contributed by atoms with Crippen LogP contribution in [0.4, 0.5) is 0 Å². The van der Waals surface area contributed by atoms with E-state index in [9.17, 15) is 5.11 Å². The maximum atomic E-state index is 12.4. The van der Waals surface area contributed by atoms with Gasteiger partial charge in [-0.25, -0.2) is 0 Å². The monoisotopic (exact) mass is 760 g/mol. The number of aliphatic hydroxyl groups excluding tert-OH is 1. The second kappa shape index (κ2) is 23.1. The Balaban J connectivity index is 1.21. The normalized spacial score (nSPS) is 21.0. The van der Waals surface area contributed by atoms with Crippen molar-refractivity contribution >= 4 is 0 Å². The SMILES string of the molecule is CCCCCCCCn1cc(CCCN[C@@H]2[C@@H](O)[C@H](OCc3ccccc3)[C@@H](OCc3ccccc3)[C@H](OCc3ccccc3)[C@H]2OCc2ccccc2)nn1. The van der Waals surface area contributed by atoms with E-state index in [4.69, 9.17) is 18.9 Å². The molecule has 1 heterocycles. The second-order valence-electron chi connectivity index (χ2n) is 14.9. The van der Waals surface area contributed by atoms with E-state index in [0.29, 0.717) is 33.0 Å². The molecule has 5 aromatic rings. The molecule has 0 saturated heterocycles. The van der Waals surface area contributed by atoms with Gasteiger partial charge >= 0.3 is 0 Å². The predicted molar refractivity (Wildman–Crippen MR) is 220 cm³/mol. The summed E-state index contributed by atoms with van der Waals surface area (Å²) in [5.74, 6) is 0. The Morgan fingerprint density at radius 2 is 1.00 bits per heavy atom. The Kier molecular flexibility index (Phi) is 17.1. The van der Waals surface area contributed by atoms with Gasteiger partial charge in [0.15, 0.2) is 0 Å². The Labute approximate surface area is 333 Å². The van der Waals surface area contributed by atoms with E-state index in [1.165, 1.54) is 32.1 Å². The van der Waals surface area contributed by atoms with Gasteiger partial charge in [-0.15, -0.1) is 5.10 Å². The van der Waals surface area contributed by atoms with Crippen molar-refractivity contribution in [2.24, 2.45) is 0 Å². The molecule has 0 amide bonds.